The van der Waals surface area contributed by atoms with Gasteiger partial charge >= 0.3 is 0 Å². The summed E-state index contributed by atoms with van der Waals surface area (Å²) in [5.74, 6) is 1.95. The monoisotopic (exact) mass is 451 g/mol. The second kappa shape index (κ2) is 10.7. The molecule has 0 radical (unpaired) electrons. The van der Waals surface area contributed by atoms with E-state index in [-0.39, 0.29) is 23.8 Å². The zero-order valence-corrected chi connectivity index (χ0v) is 19.2. The van der Waals surface area contributed by atoms with Crippen LogP contribution in [0.25, 0.3) is 0 Å². The average Bonchev–Trinajstić information content (AvgIpc) is 3.23. The first-order chi connectivity index (χ1) is 15.4. The fourth-order valence-corrected chi connectivity index (χ4v) is 3.96. The molecule has 32 heavy (non-hydrogen) atoms. The summed E-state index contributed by atoms with van der Waals surface area (Å²) in [5, 5.41) is 21.2. The van der Waals surface area contributed by atoms with Crippen LogP contribution in [-0.4, -0.2) is 33.5 Å². The molecule has 3 aromatic rings. The summed E-state index contributed by atoms with van der Waals surface area (Å²) in [4.78, 5) is 12.4. The van der Waals surface area contributed by atoms with Crippen LogP contribution in [0.15, 0.2) is 53.7 Å². The molecule has 0 saturated heterocycles. The molecule has 0 aliphatic rings. The topological polar surface area (TPSA) is 102 Å². The van der Waals surface area contributed by atoms with Gasteiger partial charge in [-0.25, -0.2) is 0 Å². The molecule has 1 atom stereocenters. The third-order valence-corrected chi connectivity index (χ3v) is 5.52. The first-order valence-corrected chi connectivity index (χ1v) is 11.1. The average molecular weight is 452 g/mol. The normalized spacial score (nSPS) is 11.6. The number of para-hydroxylation sites is 1. The molecule has 0 bridgehead atoms. The van der Waals surface area contributed by atoms with Crippen LogP contribution in [0.4, 0.5) is 5.69 Å². The van der Waals surface area contributed by atoms with Crippen LogP contribution >= 0.6 is 11.8 Å². The molecule has 1 aromatic heterocycles. The minimum Gasteiger partial charge on any atom is -0.497 e. The Balaban J connectivity index is 1.70. The number of hydrogen-bond acceptors (Lipinski definition) is 7. The van der Waals surface area contributed by atoms with Gasteiger partial charge in [-0.15, -0.1) is 10.2 Å². The number of ether oxygens (including phenoxy) is 2. The van der Waals surface area contributed by atoms with E-state index in [4.69, 9.17) is 9.47 Å². The number of nitrogens with one attached hydrogen (secondary N) is 1. The molecular formula is C23H25N5O3S. The Labute approximate surface area is 191 Å². The van der Waals surface area contributed by atoms with Gasteiger partial charge in [0.2, 0.25) is 5.91 Å². The number of carbonyl (C=O) groups is 1. The molecule has 1 amide bonds. The maximum atomic E-state index is 12.4. The van der Waals surface area contributed by atoms with Crippen molar-refractivity contribution < 1.29 is 14.3 Å². The summed E-state index contributed by atoms with van der Waals surface area (Å²) in [7, 11) is 1.61. The van der Waals surface area contributed by atoms with Crippen molar-refractivity contribution in [1.29, 1.82) is 5.26 Å². The molecule has 1 N–H and O–H groups in total. The number of hydrogen-bond donors (Lipinski definition) is 1. The second-order valence-corrected chi connectivity index (χ2v) is 8.18. The van der Waals surface area contributed by atoms with Gasteiger partial charge in [-0.3, -0.25) is 4.79 Å². The highest BCUT2D eigenvalue weighted by Crippen LogP contribution is 2.29. The predicted octanol–water partition coefficient (Wildman–Crippen LogP) is 4.61. The fourth-order valence-electron chi connectivity index (χ4n) is 3.09. The van der Waals surface area contributed by atoms with Gasteiger partial charge in [-0.1, -0.05) is 30.0 Å². The van der Waals surface area contributed by atoms with Crippen molar-refractivity contribution in [2.24, 2.45) is 0 Å². The molecule has 0 aliphatic heterocycles. The summed E-state index contributed by atoms with van der Waals surface area (Å²) in [5.41, 5.74) is 0.911. The molecular weight excluding hydrogens is 426 g/mol. The maximum absolute atomic E-state index is 12.4. The van der Waals surface area contributed by atoms with Crippen molar-refractivity contribution >= 4 is 23.4 Å². The number of methoxy groups -OCH3 is 1. The predicted molar refractivity (Wildman–Crippen MR) is 123 cm³/mol. The van der Waals surface area contributed by atoms with E-state index < -0.39 is 0 Å². The molecule has 0 fully saturated rings. The molecule has 9 heteroatoms. The Morgan fingerprint density at radius 3 is 2.62 bits per heavy atom. The lowest BCUT2D eigenvalue weighted by Gasteiger charge is -2.19. The van der Waals surface area contributed by atoms with Crippen LogP contribution < -0.4 is 14.8 Å². The van der Waals surface area contributed by atoms with E-state index in [1.54, 1.807) is 31.4 Å². The Morgan fingerprint density at radius 2 is 1.91 bits per heavy atom. The smallest absolute Gasteiger partial charge is 0.234 e. The van der Waals surface area contributed by atoms with Crippen molar-refractivity contribution in [1.82, 2.24) is 14.8 Å². The molecule has 166 valence electrons. The highest BCUT2D eigenvalue weighted by molar-refractivity contribution is 7.99. The van der Waals surface area contributed by atoms with E-state index in [1.165, 1.54) is 11.8 Å². The molecule has 0 aliphatic carbocycles. The lowest BCUT2D eigenvalue weighted by atomic mass is 10.2. The number of benzene rings is 2. The quantitative estimate of drug-likeness (QED) is 0.474. The number of nitriles is 1. The van der Waals surface area contributed by atoms with E-state index in [1.807, 2.05) is 49.6 Å². The van der Waals surface area contributed by atoms with Crippen LogP contribution in [0.2, 0.25) is 0 Å². The number of carbonyl (C=O) groups excluding carboxylic acids is 1. The highest BCUT2D eigenvalue weighted by atomic mass is 32.2. The number of amides is 1. The zero-order chi connectivity index (χ0) is 23.1. The molecule has 1 heterocycles. The van der Waals surface area contributed by atoms with Crippen molar-refractivity contribution in [2.45, 2.75) is 38.1 Å². The Kier molecular flexibility index (Phi) is 7.73. The molecule has 8 nitrogen and oxygen atoms in total. The van der Waals surface area contributed by atoms with E-state index in [9.17, 15) is 10.1 Å². The van der Waals surface area contributed by atoms with Gasteiger partial charge in [0, 0.05) is 12.1 Å². The molecule has 1 unspecified atom stereocenters. The molecule has 3 rings (SSSR count). The van der Waals surface area contributed by atoms with Gasteiger partial charge in [0.25, 0.3) is 0 Å². The minimum atomic E-state index is -0.359. The first kappa shape index (κ1) is 23.2. The maximum Gasteiger partial charge on any atom is 0.234 e. The van der Waals surface area contributed by atoms with Crippen molar-refractivity contribution in [2.75, 3.05) is 18.2 Å². The number of nitrogens with zero attached hydrogens (tertiary/aromatic N) is 4. The third kappa shape index (κ3) is 5.59. The SMILES string of the molecule is COc1cccc(OC(C)c2nnc(SCC(=O)Nc3ccccc3C#N)n2C(C)C)c1. The van der Waals surface area contributed by atoms with Gasteiger partial charge in [0.05, 0.1) is 24.1 Å². The highest BCUT2D eigenvalue weighted by Gasteiger charge is 2.22. The van der Waals surface area contributed by atoms with Crippen LogP contribution in [0, 0.1) is 11.3 Å². The summed E-state index contributed by atoms with van der Waals surface area (Å²) >= 11 is 1.29. The van der Waals surface area contributed by atoms with Crippen LogP contribution in [0.1, 0.15) is 44.3 Å². The van der Waals surface area contributed by atoms with Crippen molar-refractivity contribution in [3.63, 3.8) is 0 Å². The van der Waals surface area contributed by atoms with Crippen LogP contribution in [0.3, 0.4) is 0 Å². The third-order valence-electron chi connectivity index (χ3n) is 4.58. The first-order valence-electron chi connectivity index (χ1n) is 10.1. The largest absolute Gasteiger partial charge is 0.497 e. The molecule has 2 aromatic carbocycles. The summed E-state index contributed by atoms with van der Waals surface area (Å²) in [6, 6.07) is 16.4. The molecule has 0 saturated carbocycles. The second-order valence-electron chi connectivity index (χ2n) is 7.24. The fraction of sp³-hybridized carbons (Fsp3) is 0.304. The van der Waals surface area contributed by atoms with E-state index in [0.717, 1.165) is 0 Å². The van der Waals surface area contributed by atoms with E-state index in [2.05, 4.69) is 21.6 Å². The number of thioether (sulfide) groups is 1. The molecule has 0 spiro atoms. The number of anilines is 1. The van der Waals surface area contributed by atoms with Crippen LogP contribution in [-0.2, 0) is 4.79 Å². The standard InChI is InChI=1S/C23H25N5O3S/c1-15(2)28-22(16(3)31-19-10-7-9-18(12-19)30-4)26-27-23(28)32-14-21(29)25-20-11-6-5-8-17(20)13-24/h5-12,15-16H,14H2,1-4H3,(H,25,29). The van der Waals surface area contributed by atoms with Crippen molar-refractivity contribution in [3.8, 4) is 17.6 Å². The van der Waals surface area contributed by atoms with Gasteiger partial charge in [0.15, 0.2) is 17.1 Å². The zero-order valence-electron chi connectivity index (χ0n) is 18.4. The number of aromatic nitrogens is 3. The lowest BCUT2D eigenvalue weighted by Crippen LogP contribution is -2.17. The summed E-state index contributed by atoms with van der Waals surface area (Å²) < 4.78 is 13.3. The minimum absolute atomic E-state index is 0.0706. The summed E-state index contributed by atoms with van der Waals surface area (Å²) in [6.45, 7) is 5.96. The van der Waals surface area contributed by atoms with E-state index >= 15 is 0 Å². The van der Waals surface area contributed by atoms with Gasteiger partial charge in [0.1, 0.15) is 17.6 Å². The Hall–Kier alpha value is -3.51. The Bertz CT molecular complexity index is 1120. The Morgan fingerprint density at radius 1 is 1.16 bits per heavy atom. The van der Waals surface area contributed by atoms with Gasteiger partial charge in [-0.05, 0) is 45.0 Å². The summed E-state index contributed by atoms with van der Waals surface area (Å²) in [6.07, 6.45) is -0.359. The van der Waals surface area contributed by atoms with E-state index in [0.29, 0.717) is 33.7 Å². The number of rotatable bonds is 9. The van der Waals surface area contributed by atoms with Gasteiger partial charge < -0.3 is 19.4 Å². The van der Waals surface area contributed by atoms with Crippen molar-refractivity contribution in [3.05, 3.63) is 59.9 Å². The lowest BCUT2D eigenvalue weighted by molar-refractivity contribution is -0.113. The van der Waals surface area contributed by atoms with Crippen LogP contribution in [0.5, 0.6) is 11.5 Å². The van der Waals surface area contributed by atoms with Gasteiger partial charge in [-0.2, -0.15) is 5.26 Å².